The highest BCUT2D eigenvalue weighted by molar-refractivity contribution is 5.29. The highest BCUT2D eigenvalue weighted by atomic mass is 16.5. The van der Waals surface area contributed by atoms with Gasteiger partial charge in [-0.3, -0.25) is 4.90 Å². The third-order valence-corrected chi connectivity index (χ3v) is 4.92. The summed E-state index contributed by atoms with van der Waals surface area (Å²) < 4.78 is 12.2. The van der Waals surface area contributed by atoms with Gasteiger partial charge in [-0.2, -0.15) is 0 Å². The summed E-state index contributed by atoms with van der Waals surface area (Å²) >= 11 is 0. The van der Waals surface area contributed by atoms with Gasteiger partial charge in [-0.05, 0) is 37.2 Å². The van der Waals surface area contributed by atoms with E-state index in [-0.39, 0.29) is 6.10 Å². The highest BCUT2D eigenvalue weighted by Gasteiger charge is 2.16. The van der Waals surface area contributed by atoms with Crippen molar-refractivity contribution >= 4 is 0 Å². The van der Waals surface area contributed by atoms with Crippen molar-refractivity contribution in [3.63, 3.8) is 0 Å². The average Bonchev–Trinajstić information content (AvgIpc) is 2.77. The quantitative estimate of drug-likeness (QED) is 0.487. The Hall–Kier alpha value is -2.62. The molecule has 0 fully saturated rings. The van der Waals surface area contributed by atoms with Crippen LogP contribution in [0.1, 0.15) is 24.2 Å². The first-order valence-electron chi connectivity index (χ1n) is 9.83. The molecule has 0 aromatic heterocycles. The predicted octanol–water partition coefficient (Wildman–Crippen LogP) is 5.19. The first-order chi connectivity index (χ1) is 13.7. The number of hydrogen-bond donors (Lipinski definition) is 0. The Kier molecular flexibility index (Phi) is 7.65. The Morgan fingerprint density at radius 3 is 1.79 bits per heavy atom. The van der Waals surface area contributed by atoms with E-state index in [1.165, 1.54) is 11.1 Å². The fourth-order valence-electron chi connectivity index (χ4n) is 3.04. The van der Waals surface area contributed by atoms with E-state index >= 15 is 0 Å². The van der Waals surface area contributed by atoms with Crippen LogP contribution in [-0.4, -0.2) is 37.7 Å². The van der Waals surface area contributed by atoms with Crippen molar-refractivity contribution in [2.75, 3.05) is 26.8 Å². The second kappa shape index (κ2) is 10.6. The molecule has 0 saturated carbocycles. The largest absolute Gasteiger partial charge is 0.492 e. The van der Waals surface area contributed by atoms with Gasteiger partial charge < -0.3 is 9.47 Å². The summed E-state index contributed by atoms with van der Waals surface area (Å²) in [5, 5.41) is 0. The van der Waals surface area contributed by atoms with Gasteiger partial charge in [-0.15, -0.1) is 0 Å². The monoisotopic (exact) mass is 375 g/mol. The van der Waals surface area contributed by atoms with Crippen LogP contribution in [0.4, 0.5) is 0 Å². The lowest BCUT2D eigenvalue weighted by Gasteiger charge is -2.26. The van der Waals surface area contributed by atoms with Crippen LogP contribution in [0.3, 0.4) is 0 Å². The number of hydrogen-bond acceptors (Lipinski definition) is 3. The maximum Gasteiger partial charge on any atom is 0.119 e. The molecule has 146 valence electrons. The smallest absolute Gasteiger partial charge is 0.119 e. The number of benzene rings is 3. The molecular weight excluding hydrogens is 346 g/mol. The summed E-state index contributed by atoms with van der Waals surface area (Å²) in [5.41, 5.74) is 2.36. The van der Waals surface area contributed by atoms with Gasteiger partial charge in [0.15, 0.2) is 0 Å². The molecule has 0 aliphatic carbocycles. The molecule has 0 spiro atoms. The molecule has 3 rings (SSSR count). The number of nitrogens with zero attached hydrogens (tertiary/aromatic N) is 1. The molecule has 3 heteroatoms. The third-order valence-electron chi connectivity index (χ3n) is 4.92. The summed E-state index contributed by atoms with van der Waals surface area (Å²) in [6.45, 7) is 4.33. The van der Waals surface area contributed by atoms with Crippen molar-refractivity contribution in [3.05, 3.63) is 102 Å². The second-order valence-corrected chi connectivity index (χ2v) is 7.03. The molecule has 0 aliphatic rings. The van der Waals surface area contributed by atoms with E-state index in [9.17, 15) is 0 Å². The Balaban J connectivity index is 1.52. The summed E-state index contributed by atoms with van der Waals surface area (Å²) in [6.07, 6.45) is -0.0494. The maximum absolute atomic E-state index is 6.32. The van der Waals surface area contributed by atoms with Gasteiger partial charge in [-0.1, -0.05) is 78.9 Å². The van der Waals surface area contributed by atoms with Crippen LogP contribution in [-0.2, 0) is 4.74 Å². The minimum absolute atomic E-state index is 0.0494. The molecular formula is C25H29NO2. The molecule has 0 aliphatic heterocycles. The molecule has 0 N–H and O–H groups in total. The molecule has 0 bridgehead atoms. The normalized spacial score (nSPS) is 12.3. The van der Waals surface area contributed by atoms with Gasteiger partial charge in [0.1, 0.15) is 18.5 Å². The fraction of sp³-hybridized carbons (Fsp3) is 0.280. The van der Waals surface area contributed by atoms with Crippen LogP contribution < -0.4 is 4.74 Å². The van der Waals surface area contributed by atoms with Crippen molar-refractivity contribution in [2.24, 2.45) is 0 Å². The zero-order valence-electron chi connectivity index (χ0n) is 16.7. The Labute approximate surface area is 168 Å². The lowest BCUT2D eigenvalue weighted by Crippen LogP contribution is -2.36. The van der Waals surface area contributed by atoms with Crippen molar-refractivity contribution in [1.29, 1.82) is 0 Å². The zero-order chi connectivity index (χ0) is 19.6. The highest BCUT2D eigenvalue weighted by Crippen LogP contribution is 2.25. The van der Waals surface area contributed by atoms with E-state index in [4.69, 9.17) is 9.47 Å². The first kappa shape index (κ1) is 20.1. The Bertz CT molecular complexity index is 753. The van der Waals surface area contributed by atoms with Crippen molar-refractivity contribution < 1.29 is 9.47 Å². The van der Waals surface area contributed by atoms with Gasteiger partial charge in [0, 0.05) is 12.6 Å². The molecule has 0 saturated heterocycles. The van der Waals surface area contributed by atoms with Crippen LogP contribution >= 0.6 is 0 Å². The van der Waals surface area contributed by atoms with Gasteiger partial charge >= 0.3 is 0 Å². The second-order valence-electron chi connectivity index (χ2n) is 7.03. The SMILES string of the molecule is C[C@H](COc1ccccc1)N(C)CCOC(c1ccccc1)c1ccccc1. The fourth-order valence-corrected chi connectivity index (χ4v) is 3.04. The zero-order valence-corrected chi connectivity index (χ0v) is 16.7. The molecule has 28 heavy (non-hydrogen) atoms. The first-order valence-corrected chi connectivity index (χ1v) is 9.83. The van der Waals surface area contributed by atoms with Crippen LogP contribution in [0.15, 0.2) is 91.0 Å². The number of ether oxygens (including phenoxy) is 2. The van der Waals surface area contributed by atoms with E-state index in [0.717, 1.165) is 12.3 Å². The van der Waals surface area contributed by atoms with Crippen molar-refractivity contribution in [3.8, 4) is 5.75 Å². The lowest BCUT2D eigenvalue weighted by molar-refractivity contribution is 0.0526. The van der Waals surface area contributed by atoms with Gasteiger partial charge in [0.2, 0.25) is 0 Å². The van der Waals surface area contributed by atoms with Gasteiger partial charge in [-0.25, -0.2) is 0 Å². The van der Waals surface area contributed by atoms with Gasteiger partial charge in [0.25, 0.3) is 0 Å². The van der Waals surface area contributed by atoms with Crippen LogP contribution in [0.5, 0.6) is 5.75 Å². The van der Waals surface area contributed by atoms with E-state index in [1.807, 2.05) is 42.5 Å². The summed E-state index contributed by atoms with van der Waals surface area (Å²) in [7, 11) is 2.11. The van der Waals surface area contributed by atoms with E-state index in [2.05, 4.69) is 67.4 Å². The average molecular weight is 376 g/mol. The van der Waals surface area contributed by atoms with Crippen LogP contribution in [0, 0.1) is 0 Å². The van der Waals surface area contributed by atoms with E-state index in [0.29, 0.717) is 19.3 Å². The maximum atomic E-state index is 6.32. The number of para-hydroxylation sites is 1. The topological polar surface area (TPSA) is 21.7 Å². The van der Waals surface area contributed by atoms with Crippen molar-refractivity contribution in [1.82, 2.24) is 4.90 Å². The molecule has 3 aromatic carbocycles. The summed E-state index contributed by atoms with van der Waals surface area (Å²) in [6, 6.07) is 31.1. The molecule has 0 unspecified atom stereocenters. The van der Waals surface area contributed by atoms with Crippen LogP contribution in [0.2, 0.25) is 0 Å². The van der Waals surface area contributed by atoms with E-state index in [1.54, 1.807) is 0 Å². The summed E-state index contributed by atoms with van der Waals surface area (Å²) in [5.74, 6) is 0.909. The Morgan fingerprint density at radius 2 is 1.25 bits per heavy atom. The standard InChI is InChI=1S/C25H29NO2/c1-21(20-28-24-16-10-5-11-17-24)26(2)18-19-27-25(22-12-6-3-7-13-22)23-14-8-4-9-15-23/h3-17,21,25H,18-20H2,1-2H3/t21-/m1/s1. The van der Waals surface area contributed by atoms with Crippen molar-refractivity contribution in [2.45, 2.75) is 19.1 Å². The predicted molar refractivity (Wildman–Crippen MR) is 115 cm³/mol. The summed E-state index contributed by atoms with van der Waals surface area (Å²) in [4.78, 5) is 2.27. The van der Waals surface area contributed by atoms with Crippen LogP contribution in [0.25, 0.3) is 0 Å². The number of rotatable bonds is 10. The minimum Gasteiger partial charge on any atom is -0.492 e. The van der Waals surface area contributed by atoms with Gasteiger partial charge in [0.05, 0.1) is 6.61 Å². The molecule has 1 atom stereocenters. The molecule has 3 aromatic rings. The Morgan fingerprint density at radius 1 is 0.750 bits per heavy atom. The molecule has 0 radical (unpaired) electrons. The third kappa shape index (κ3) is 5.95. The molecule has 0 amide bonds. The lowest BCUT2D eigenvalue weighted by atomic mass is 10.0. The number of likely N-dealkylation sites (N-methyl/N-ethyl adjacent to an activating group) is 1. The minimum atomic E-state index is -0.0494. The molecule has 3 nitrogen and oxygen atoms in total. The van der Waals surface area contributed by atoms with E-state index < -0.39 is 0 Å². The molecule has 0 heterocycles.